The van der Waals surface area contributed by atoms with Crippen LogP contribution in [0.4, 0.5) is 0 Å². The van der Waals surface area contributed by atoms with Crippen LogP contribution in [0.5, 0.6) is 5.75 Å². The van der Waals surface area contributed by atoms with Crippen molar-refractivity contribution in [1.82, 2.24) is 0 Å². The number of benzene rings is 2. The molecule has 2 N–H and O–H groups in total. The van der Waals surface area contributed by atoms with E-state index >= 15 is 0 Å². The Kier molecular flexibility index (Phi) is 4.82. The van der Waals surface area contributed by atoms with E-state index in [0.717, 1.165) is 15.6 Å². The van der Waals surface area contributed by atoms with Gasteiger partial charge in [0.25, 0.3) is 0 Å². The second-order valence-electron chi connectivity index (χ2n) is 3.84. The van der Waals surface area contributed by atoms with Crippen molar-refractivity contribution in [3.8, 4) is 5.75 Å². The van der Waals surface area contributed by atoms with Gasteiger partial charge in [0.2, 0.25) is 0 Å². The van der Waals surface area contributed by atoms with Crippen LogP contribution in [-0.2, 0) is 6.61 Å². The third-order valence-electron chi connectivity index (χ3n) is 2.53. The van der Waals surface area contributed by atoms with Crippen molar-refractivity contribution in [2.24, 2.45) is 10.9 Å². The van der Waals surface area contributed by atoms with Gasteiger partial charge in [-0.3, -0.25) is 0 Å². The number of hydrazone groups is 1. The topological polar surface area (TPSA) is 47.6 Å². The van der Waals surface area contributed by atoms with E-state index in [1.165, 1.54) is 0 Å². The van der Waals surface area contributed by atoms with E-state index in [9.17, 15) is 0 Å². The standard InChI is InChI=1S/C14H12BrClN2O/c15-12-5-6-14(11(7-12)8-18-17)19-9-10-3-1-2-4-13(10)16/h1-8H,9,17H2. The molecule has 0 heterocycles. The van der Waals surface area contributed by atoms with Gasteiger partial charge in [0, 0.05) is 20.6 Å². The van der Waals surface area contributed by atoms with E-state index in [-0.39, 0.29) is 0 Å². The first-order chi connectivity index (χ1) is 9.20. The molecule has 0 bridgehead atoms. The van der Waals surface area contributed by atoms with Crippen LogP contribution in [0.1, 0.15) is 11.1 Å². The molecule has 2 rings (SSSR count). The van der Waals surface area contributed by atoms with Crippen molar-refractivity contribution in [2.45, 2.75) is 6.61 Å². The summed E-state index contributed by atoms with van der Waals surface area (Å²) in [7, 11) is 0. The van der Waals surface area contributed by atoms with Crippen LogP contribution in [0, 0.1) is 0 Å². The molecule has 2 aromatic carbocycles. The van der Waals surface area contributed by atoms with Crippen molar-refractivity contribution in [2.75, 3.05) is 0 Å². The van der Waals surface area contributed by atoms with Gasteiger partial charge in [-0.05, 0) is 24.3 Å². The lowest BCUT2D eigenvalue weighted by Gasteiger charge is -2.10. The average molecular weight is 340 g/mol. The molecule has 0 spiro atoms. The molecule has 3 nitrogen and oxygen atoms in total. The first-order valence-electron chi connectivity index (χ1n) is 5.59. The van der Waals surface area contributed by atoms with Crippen LogP contribution in [0.2, 0.25) is 5.02 Å². The Morgan fingerprint density at radius 3 is 2.79 bits per heavy atom. The summed E-state index contributed by atoms with van der Waals surface area (Å²) >= 11 is 9.48. The molecule has 5 heteroatoms. The van der Waals surface area contributed by atoms with Gasteiger partial charge in [-0.2, -0.15) is 5.10 Å². The molecule has 2 aromatic rings. The fraction of sp³-hybridized carbons (Fsp3) is 0.0714. The molecular weight excluding hydrogens is 328 g/mol. The van der Waals surface area contributed by atoms with Crippen LogP contribution < -0.4 is 10.6 Å². The Bertz CT molecular complexity index is 602. The van der Waals surface area contributed by atoms with Gasteiger partial charge >= 0.3 is 0 Å². The highest BCUT2D eigenvalue weighted by molar-refractivity contribution is 9.10. The van der Waals surface area contributed by atoms with Crippen LogP contribution >= 0.6 is 27.5 Å². The zero-order valence-corrected chi connectivity index (χ0v) is 12.4. The second-order valence-corrected chi connectivity index (χ2v) is 5.16. The zero-order chi connectivity index (χ0) is 13.7. The van der Waals surface area contributed by atoms with Gasteiger partial charge in [-0.25, -0.2) is 0 Å². The molecule has 0 saturated heterocycles. The van der Waals surface area contributed by atoms with E-state index in [0.29, 0.717) is 17.4 Å². The minimum absolute atomic E-state index is 0.396. The number of ether oxygens (including phenoxy) is 1. The van der Waals surface area contributed by atoms with E-state index in [4.69, 9.17) is 22.2 Å². The minimum Gasteiger partial charge on any atom is -0.488 e. The summed E-state index contributed by atoms with van der Waals surface area (Å²) in [4.78, 5) is 0. The molecule has 0 aromatic heterocycles. The number of nitrogens with zero attached hydrogens (tertiary/aromatic N) is 1. The van der Waals surface area contributed by atoms with Crippen molar-refractivity contribution in [3.63, 3.8) is 0 Å². The van der Waals surface area contributed by atoms with Gasteiger partial charge < -0.3 is 10.6 Å². The van der Waals surface area contributed by atoms with E-state index < -0.39 is 0 Å². The highest BCUT2D eigenvalue weighted by Crippen LogP contribution is 2.24. The SMILES string of the molecule is NN=Cc1cc(Br)ccc1OCc1ccccc1Cl. The first kappa shape index (κ1) is 13.9. The largest absolute Gasteiger partial charge is 0.488 e. The zero-order valence-electron chi connectivity index (χ0n) is 10.0. The number of rotatable bonds is 4. The molecule has 98 valence electrons. The molecule has 0 aliphatic heterocycles. The molecule has 0 fully saturated rings. The lowest BCUT2D eigenvalue weighted by atomic mass is 10.2. The molecular formula is C14H12BrClN2O. The summed E-state index contributed by atoms with van der Waals surface area (Å²) in [5, 5.41) is 4.22. The predicted octanol–water partition coefficient (Wildman–Crippen LogP) is 3.97. The van der Waals surface area contributed by atoms with Crippen molar-refractivity contribution in [1.29, 1.82) is 0 Å². The van der Waals surface area contributed by atoms with E-state index in [1.54, 1.807) is 6.21 Å². The Morgan fingerprint density at radius 1 is 1.26 bits per heavy atom. The third-order valence-corrected chi connectivity index (χ3v) is 3.39. The van der Waals surface area contributed by atoms with Crippen LogP contribution in [-0.4, -0.2) is 6.21 Å². The highest BCUT2D eigenvalue weighted by Gasteiger charge is 2.05. The lowest BCUT2D eigenvalue weighted by Crippen LogP contribution is -1.99. The molecule has 0 radical (unpaired) electrons. The smallest absolute Gasteiger partial charge is 0.128 e. The fourth-order valence-electron chi connectivity index (χ4n) is 1.60. The second kappa shape index (κ2) is 6.59. The van der Waals surface area contributed by atoms with Crippen molar-refractivity contribution in [3.05, 3.63) is 63.1 Å². The summed E-state index contributed by atoms with van der Waals surface area (Å²) in [6.07, 6.45) is 1.55. The van der Waals surface area contributed by atoms with Crippen molar-refractivity contribution < 1.29 is 4.74 Å². The number of hydrogen-bond donors (Lipinski definition) is 1. The van der Waals surface area contributed by atoms with Gasteiger partial charge in [0.05, 0.1) is 6.21 Å². The fourth-order valence-corrected chi connectivity index (χ4v) is 2.17. The molecule has 0 amide bonds. The number of halogens is 2. The maximum Gasteiger partial charge on any atom is 0.128 e. The van der Waals surface area contributed by atoms with Crippen LogP contribution in [0.25, 0.3) is 0 Å². The highest BCUT2D eigenvalue weighted by atomic mass is 79.9. The first-order valence-corrected chi connectivity index (χ1v) is 6.77. The average Bonchev–Trinajstić information content (AvgIpc) is 2.40. The van der Waals surface area contributed by atoms with Crippen LogP contribution in [0.15, 0.2) is 52.0 Å². The maximum atomic E-state index is 6.08. The Hall–Kier alpha value is -1.52. The summed E-state index contributed by atoms with van der Waals surface area (Å²) in [5.41, 5.74) is 1.74. The summed E-state index contributed by atoms with van der Waals surface area (Å²) in [6.45, 7) is 0.396. The molecule has 0 atom stereocenters. The lowest BCUT2D eigenvalue weighted by molar-refractivity contribution is 0.306. The molecule has 19 heavy (non-hydrogen) atoms. The van der Waals surface area contributed by atoms with Gasteiger partial charge in [-0.1, -0.05) is 45.7 Å². The minimum atomic E-state index is 0.396. The van der Waals surface area contributed by atoms with E-state index in [1.807, 2.05) is 42.5 Å². The summed E-state index contributed by atoms with van der Waals surface area (Å²) < 4.78 is 6.70. The molecule has 0 saturated carbocycles. The summed E-state index contributed by atoms with van der Waals surface area (Å²) in [5.74, 6) is 5.89. The number of hydrogen-bond acceptors (Lipinski definition) is 3. The molecule has 0 unspecified atom stereocenters. The normalized spacial score (nSPS) is 10.8. The quantitative estimate of drug-likeness (QED) is 0.520. The number of nitrogens with two attached hydrogens (primary N) is 1. The molecule has 0 aliphatic carbocycles. The maximum absolute atomic E-state index is 6.08. The molecule has 0 aliphatic rings. The summed E-state index contributed by atoms with van der Waals surface area (Å²) in [6, 6.07) is 13.2. The monoisotopic (exact) mass is 338 g/mol. The third kappa shape index (κ3) is 3.72. The van der Waals surface area contributed by atoms with Crippen LogP contribution in [0.3, 0.4) is 0 Å². The Labute approximate surface area is 125 Å². The van der Waals surface area contributed by atoms with Gasteiger partial charge in [0.1, 0.15) is 12.4 Å². The predicted molar refractivity (Wildman–Crippen MR) is 81.7 cm³/mol. The van der Waals surface area contributed by atoms with Gasteiger partial charge in [0.15, 0.2) is 0 Å². The van der Waals surface area contributed by atoms with Crippen molar-refractivity contribution >= 4 is 33.7 Å². The Balaban J connectivity index is 2.18. The van der Waals surface area contributed by atoms with E-state index in [2.05, 4.69) is 21.0 Å². The Morgan fingerprint density at radius 2 is 2.05 bits per heavy atom. The van der Waals surface area contributed by atoms with Gasteiger partial charge in [-0.15, -0.1) is 0 Å².